The van der Waals surface area contributed by atoms with Gasteiger partial charge in [0.05, 0.1) is 5.52 Å². The third-order valence-electron chi connectivity index (χ3n) is 2.33. The molecule has 14 heavy (non-hydrogen) atoms. The van der Waals surface area contributed by atoms with Gasteiger partial charge in [-0.2, -0.15) is 5.10 Å². The van der Waals surface area contributed by atoms with E-state index >= 15 is 0 Å². The number of nitrogens with zero attached hydrogens (tertiary/aromatic N) is 2. The van der Waals surface area contributed by atoms with Crippen molar-refractivity contribution in [2.45, 2.75) is 20.3 Å². The van der Waals surface area contributed by atoms with Crippen LogP contribution in [0.2, 0.25) is 0 Å². The van der Waals surface area contributed by atoms with Crippen molar-refractivity contribution in [2.24, 2.45) is 13.0 Å². The number of rotatable bonds is 2. The highest BCUT2D eigenvalue weighted by Crippen LogP contribution is 2.16. The molecule has 1 aromatic carbocycles. The Bertz CT molecular complexity index is 441. The van der Waals surface area contributed by atoms with Gasteiger partial charge in [-0.3, -0.25) is 4.68 Å². The van der Waals surface area contributed by atoms with E-state index in [0.29, 0.717) is 5.92 Å². The van der Waals surface area contributed by atoms with Crippen LogP contribution in [-0.2, 0) is 13.5 Å². The fraction of sp³-hybridized carbons (Fsp3) is 0.417. The lowest BCUT2D eigenvalue weighted by molar-refractivity contribution is 0.647. The number of aromatic nitrogens is 2. The van der Waals surface area contributed by atoms with Crippen LogP contribution >= 0.6 is 0 Å². The summed E-state index contributed by atoms with van der Waals surface area (Å²) in [5, 5.41) is 5.62. The maximum atomic E-state index is 4.40. The second-order valence-electron chi connectivity index (χ2n) is 4.29. The molecule has 2 aromatic rings. The summed E-state index contributed by atoms with van der Waals surface area (Å²) >= 11 is 0. The van der Waals surface area contributed by atoms with Crippen molar-refractivity contribution in [1.29, 1.82) is 0 Å². The Balaban J connectivity index is 2.40. The second-order valence-corrected chi connectivity index (χ2v) is 4.29. The number of hydrogen-bond acceptors (Lipinski definition) is 1. The second kappa shape index (κ2) is 3.45. The molecule has 1 aromatic heterocycles. The van der Waals surface area contributed by atoms with Crippen LogP contribution in [0.15, 0.2) is 24.4 Å². The van der Waals surface area contributed by atoms with Crippen molar-refractivity contribution in [1.82, 2.24) is 9.78 Å². The van der Waals surface area contributed by atoms with E-state index in [1.165, 1.54) is 10.9 Å². The molecular formula is C12H16N2. The van der Waals surface area contributed by atoms with Gasteiger partial charge >= 0.3 is 0 Å². The Morgan fingerprint density at radius 3 is 2.86 bits per heavy atom. The van der Waals surface area contributed by atoms with Crippen molar-refractivity contribution in [3.63, 3.8) is 0 Å². The van der Waals surface area contributed by atoms with E-state index in [1.54, 1.807) is 0 Å². The molecule has 0 atom stereocenters. The van der Waals surface area contributed by atoms with E-state index in [0.717, 1.165) is 11.9 Å². The van der Waals surface area contributed by atoms with E-state index in [4.69, 9.17) is 0 Å². The lowest BCUT2D eigenvalue weighted by Crippen LogP contribution is -1.93. The zero-order valence-electron chi connectivity index (χ0n) is 8.99. The zero-order chi connectivity index (χ0) is 10.1. The quantitative estimate of drug-likeness (QED) is 0.708. The minimum atomic E-state index is 0.705. The third-order valence-corrected chi connectivity index (χ3v) is 2.33. The highest BCUT2D eigenvalue weighted by atomic mass is 15.2. The normalized spacial score (nSPS) is 11.4. The molecule has 0 N–H and O–H groups in total. The molecule has 1 heterocycles. The first-order valence-electron chi connectivity index (χ1n) is 5.07. The van der Waals surface area contributed by atoms with Crippen LogP contribution in [0, 0.1) is 5.92 Å². The smallest absolute Gasteiger partial charge is 0.0925 e. The summed E-state index contributed by atoms with van der Waals surface area (Å²) in [7, 11) is 1.96. The average molecular weight is 188 g/mol. The Labute approximate surface area is 84.5 Å². The van der Waals surface area contributed by atoms with Gasteiger partial charge < -0.3 is 0 Å². The van der Waals surface area contributed by atoms with Crippen LogP contribution in [0.3, 0.4) is 0 Å². The predicted molar refractivity (Wildman–Crippen MR) is 59.3 cm³/mol. The lowest BCUT2D eigenvalue weighted by Gasteiger charge is -2.03. The molecule has 0 bridgehead atoms. The first kappa shape index (κ1) is 9.25. The highest BCUT2D eigenvalue weighted by Gasteiger charge is 2.01. The van der Waals surface area contributed by atoms with Crippen molar-refractivity contribution < 1.29 is 0 Å². The Morgan fingerprint density at radius 2 is 2.14 bits per heavy atom. The van der Waals surface area contributed by atoms with Crippen LogP contribution in [0.4, 0.5) is 0 Å². The first-order valence-corrected chi connectivity index (χ1v) is 5.07. The van der Waals surface area contributed by atoms with Crippen LogP contribution in [0.1, 0.15) is 19.4 Å². The van der Waals surface area contributed by atoms with Gasteiger partial charge in [-0.15, -0.1) is 0 Å². The van der Waals surface area contributed by atoms with E-state index in [1.807, 2.05) is 11.7 Å². The molecule has 0 saturated heterocycles. The maximum absolute atomic E-state index is 4.40. The molecule has 0 fully saturated rings. The van der Waals surface area contributed by atoms with Gasteiger partial charge in [0, 0.05) is 18.6 Å². The molecule has 0 aliphatic heterocycles. The summed E-state index contributed by atoms with van der Waals surface area (Å²) in [6.07, 6.45) is 3.18. The Hall–Kier alpha value is -1.31. The SMILES string of the molecule is CC(C)Cc1ccc2cn(C)nc2c1. The molecule has 0 saturated carbocycles. The van der Waals surface area contributed by atoms with Crippen molar-refractivity contribution in [3.8, 4) is 0 Å². The molecule has 2 heteroatoms. The summed E-state index contributed by atoms with van der Waals surface area (Å²) in [6.45, 7) is 4.48. The molecule has 0 aliphatic carbocycles. The molecule has 2 rings (SSSR count). The Kier molecular flexibility index (Phi) is 2.28. The molecule has 0 spiro atoms. The molecule has 0 unspecified atom stereocenters. The minimum absolute atomic E-state index is 0.705. The molecular weight excluding hydrogens is 172 g/mol. The van der Waals surface area contributed by atoms with Crippen molar-refractivity contribution >= 4 is 10.9 Å². The average Bonchev–Trinajstić information content (AvgIpc) is 2.42. The van der Waals surface area contributed by atoms with Gasteiger partial charge in [0.15, 0.2) is 0 Å². The first-order chi connectivity index (χ1) is 6.65. The topological polar surface area (TPSA) is 17.8 Å². The van der Waals surface area contributed by atoms with E-state index in [9.17, 15) is 0 Å². The van der Waals surface area contributed by atoms with Crippen LogP contribution in [0.5, 0.6) is 0 Å². The zero-order valence-corrected chi connectivity index (χ0v) is 8.99. The monoisotopic (exact) mass is 188 g/mol. The van der Waals surface area contributed by atoms with Crippen LogP contribution in [0.25, 0.3) is 10.9 Å². The van der Waals surface area contributed by atoms with Gasteiger partial charge in [-0.1, -0.05) is 26.0 Å². The summed E-state index contributed by atoms with van der Waals surface area (Å²) in [5.74, 6) is 0.705. The standard InChI is InChI=1S/C12H16N2/c1-9(2)6-10-4-5-11-8-14(3)13-12(11)7-10/h4-5,7-9H,6H2,1-3H3. The number of hydrogen-bond donors (Lipinski definition) is 0. The van der Waals surface area contributed by atoms with Crippen LogP contribution in [-0.4, -0.2) is 9.78 Å². The fourth-order valence-electron chi connectivity index (χ4n) is 1.78. The maximum Gasteiger partial charge on any atom is 0.0925 e. The number of benzene rings is 1. The van der Waals surface area contributed by atoms with E-state index in [-0.39, 0.29) is 0 Å². The van der Waals surface area contributed by atoms with Crippen molar-refractivity contribution in [2.75, 3.05) is 0 Å². The Morgan fingerprint density at radius 1 is 1.36 bits per heavy atom. The van der Waals surface area contributed by atoms with Crippen LogP contribution < -0.4 is 0 Å². The van der Waals surface area contributed by atoms with Gasteiger partial charge in [0.25, 0.3) is 0 Å². The molecule has 0 amide bonds. The summed E-state index contributed by atoms with van der Waals surface area (Å²) < 4.78 is 1.86. The largest absolute Gasteiger partial charge is 0.275 e. The summed E-state index contributed by atoms with van der Waals surface area (Å²) in [4.78, 5) is 0. The van der Waals surface area contributed by atoms with E-state index in [2.05, 4.69) is 43.3 Å². The molecule has 0 radical (unpaired) electrons. The summed E-state index contributed by atoms with van der Waals surface area (Å²) in [6, 6.07) is 6.54. The van der Waals surface area contributed by atoms with Gasteiger partial charge in [0.2, 0.25) is 0 Å². The lowest BCUT2D eigenvalue weighted by atomic mass is 10.0. The van der Waals surface area contributed by atoms with Crippen molar-refractivity contribution in [3.05, 3.63) is 30.0 Å². The summed E-state index contributed by atoms with van der Waals surface area (Å²) in [5.41, 5.74) is 2.48. The highest BCUT2D eigenvalue weighted by molar-refractivity contribution is 5.78. The molecule has 74 valence electrons. The minimum Gasteiger partial charge on any atom is -0.275 e. The fourth-order valence-corrected chi connectivity index (χ4v) is 1.78. The van der Waals surface area contributed by atoms with E-state index < -0.39 is 0 Å². The third kappa shape index (κ3) is 1.79. The predicted octanol–water partition coefficient (Wildman–Crippen LogP) is 2.77. The molecule has 2 nitrogen and oxygen atoms in total. The number of fused-ring (bicyclic) bond motifs is 1. The van der Waals surface area contributed by atoms with Gasteiger partial charge in [-0.05, 0) is 24.0 Å². The van der Waals surface area contributed by atoms with Gasteiger partial charge in [-0.25, -0.2) is 0 Å². The number of aryl methyl sites for hydroxylation is 1. The van der Waals surface area contributed by atoms with Gasteiger partial charge in [0.1, 0.15) is 0 Å². The molecule has 0 aliphatic rings.